The Balaban J connectivity index is 1.83. The summed E-state index contributed by atoms with van der Waals surface area (Å²) in [7, 11) is 0. The zero-order chi connectivity index (χ0) is 16.8. The van der Waals surface area contributed by atoms with Crippen LogP contribution >= 0.6 is 11.8 Å². The molecule has 0 aliphatic carbocycles. The highest BCUT2D eigenvalue weighted by atomic mass is 32.2. The third-order valence-electron chi connectivity index (χ3n) is 3.38. The largest absolute Gasteiger partial charge is 0.383 e. The molecule has 2 heterocycles. The second kappa shape index (κ2) is 8.14. The predicted molar refractivity (Wildman–Crippen MR) is 89.9 cm³/mol. The van der Waals surface area contributed by atoms with Crippen molar-refractivity contribution in [2.24, 2.45) is 5.73 Å². The van der Waals surface area contributed by atoms with Gasteiger partial charge in [0.1, 0.15) is 5.82 Å². The Morgan fingerprint density at radius 2 is 2.35 bits per heavy atom. The third-order valence-corrected chi connectivity index (χ3v) is 4.02. The highest BCUT2D eigenvalue weighted by Gasteiger charge is 2.23. The first-order valence-corrected chi connectivity index (χ1v) is 8.61. The number of nitrogen functional groups attached to an aromatic ring is 1. The molecule has 1 aromatic heterocycles. The first-order valence-electron chi connectivity index (χ1n) is 7.22. The molecule has 1 amide bonds. The standard InChI is InChI=1S/C14H21N5O3S/c1-23-7-5-10(15)13(20)17-8-9-2-3-12(22-9)19-6-4-11(16)18-14(19)21/h2-4,6,9-10,12H,5,7-8,15H2,1H3,(H,17,20)(H2,16,18,21). The van der Waals surface area contributed by atoms with Gasteiger partial charge in [0.05, 0.1) is 12.1 Å². The number of amides is 1. The predicted octanol–water partition coefficient (Wildman–Crippen LogP) is -0.524. The van der Waals surface area contributed by atoms with E-state index in [0.29, 0.717) is 13.0 Å². The van der Waals surface area contributed by atoms with Gasteiger partial charge >= 0.3 is 5.69 Å². The normalized spacial score (nSPS) is 21.3. The van der Waals surface area contributed by atoms with Crippen LogP contribution in [-0.2, 0) is 9.53 Å². The van der Waals surface area contributed by atoms with Gasteiger partial charge in [0.15, 0.2) is 6.23 Å². The summed E-state index contributed by atoms with van der Waals surface area (Å²) in [5.74, 6) is 0.797. The van der Waals surface area contributed by atoms with Crippen molar-refractivity contribution in [2.45, 2.75) is 24.8 Å². The first-order chi connectivity index (χ1) is 11.0. The molecule has 8 nitrogen and oxygen atoms in total. The minimum absolute atomic E-state index is 0.163. The van der Waals surface area contributed by atoms with Crippen LogP contribution in [0.2, 0.25) is 0 Å². The number of rotatable bonds is 7. The summed E-state index contributed by atoms with van der Waals surface area (Å²) in [5.41, 5.74) is 10.8. The number of nitrogens with zero attached hydrogens (tertiary/aromatic N) is 2. The van der Waals surface area contributed by atoms with Crippen molar-refractivity contribution in [3.05, 3.63) is 34.9 Å². The van der Waals surface area contributed by atoms with Crippen molar-refractivity contribution in [1.29, 1.82) is 0 Å². The SMILES string of the molecule is CSCCC(N)C(=O)NCC1C=CC(n2ccc(N)nc2=O)O1. The molecule has 0 spiro atoms. The number of ether oxygens (including phenoxy) is 1. The molecule has 0 fully saturated rings. The van der Waals surface area contributed by atoms with E-state index in [0.717, 1.165) is 5.75 Å². The molecule has 1 aliphatic heterocycles. The molecule has 2 rings (SSSR count). The molecule has 126 valence electrons. The van der Waals surface area contributed by atoms with Crippen LogP contribution in [0.5, 0.6) is 0 Å². The molecule has 0 radical (unpaired) electrons. The lowest BCUT2D eigenvalue weighted by Crippen LogP contribution is -2.43. The molecule has 3 unspecified atom stereocenters. The summed E-state index contributed by atoms with van der Waals surface area (Å²) >= 11 is 1.65. The molecule has 1 aromatic rings. The second-order valence-electron chi connectivity index (χ2n) is 5.13. The van der Waals surface area contributed by atoms with E-state index >= 15 is 0 Å². The monoisotopic (exact) mass is 339 g/mol. The Kier molecular flexibility index (Phi) is 6.20. The fraction of sp³-hybridized carbons (Fsp3) is 0.500. The molecule has 23 heavy (non-hydrogen) atoms. The quantitative estimate of drug-likeness (QED) is 0.571. The van der Waals surface area contributed by atoms with Gasteiger partial charge in [-0.05, 0) is 30.6 Å². The van der Waals surface area contributed by atoms with Gasteiger partial charge in [0, 0.05) is 12.7 Å². The van der Waals surface area contributed by atoms with Crippen LogP contribution in [0.25, 0.3) is 0 Å². The number of nitrogens with two attached hydrogens (primary N) is 2. The lowest BCUT2D eigenvalue weighted by molar-refractivity contribution is -0.123. The van der Waals surface area contributed by atoms with Gasteiger partial charge in [-0.15, -0.1) is 0 Å². The van der Waals surface area contributed by atoms with E-state index in [-0.39, 0.29) is 17.8 Å². The summed E-state index contributed by atoms with van der Waals surface area (Å²) in [6.07, 6.45) is 6.78. The minimum Gasteiger partial charge on any atom is -0.383 e. The zero-order valence-corrected chi connectivity index (χ0v) is 13.7. The van der Waals surface area contributed by atoms with Gasteiger partial charge in [-0.25, -0.2) is 4.79 Å². The van der Waals surface area contributed by atoms with Crippen LogP contribution in [-0.4, -0.2) is 46.2 Å². The summed E-state index contributed by atoms with van der Waals surface area (Å²) in [6.45, 7) is 0.302. The number of aromatic nitrogens is 2. The number of carbonyl (C=O) groups excluding carboxylic acids is 1. The van der Waals surface area contributed by atoms with E-state index in [1.54, 1.807) is 23.9 Å². The molecule has 0 aromatic carbocycles. The molecule has 1 aliphatic rings. The highest BCUT2D eigenvalue weighted by Crippen LogP contribution is 2.19. The van der Waals surface area contributed by atoms with Crippen molar-refractivity contribution >= 4 is 23.5 Å². The van der Waals surface area contributed by atoms with E-state index in [1.165, 1.54) is 16.8 Å². The summed E-state index contributed by atoms with van der Waals surface area (Å²) in [4.78, 5) is 27.3. The number of hydrogen-bond acceptors (Lipinski definition) is 7. The summed E-state index contributed by atoms with van der Waals surface area (Å²) < 4.78 is 7.02. The van der Waals surface area contributed by atoms with E-state index < -0.39 is 18.0 Å². The fourth-order valence-electron chi connectivity index (χ4n) is 2.09. The summed E-state index contributed by atoms with van der Waals surface area (Å²) in [5, 5.41) is 2.76. The van der Waals surface area contributed by atoms with Gasteiger partial charge in [0.2, 0.25) is 5.91 Å². The molecular weight excluding hydrogens is 318 g/mol. The number of hydrogen-bond donors (Lipinski definition) is 3. The smallest absolute Gasteiger partial charge is 0.351 e. The molecular formula is C14H21N5O3S. The van der Waals surface area contributed by atoms with Crippen molar-refractivity contribution in [3.8, 4) is 0 Å². The molecule has 0 saturated heterocycles. The molecule has 0 saturated carbocycles. The molecule has 3 atom stereocenters. The van der Waals surface area contributed by atoms with Gasteiger partial charge in [-0.3, -0.25) is 9.36 Å². The number of anilines is 1. The minimum atomic E-state index is -0.553. The van der Waals surface area contributed by atoms with Gasteiger partial charge < -0.3 is 21.5 Å². The van der Waals surface area contributed by atoms with E-state index in [1.807, 2.05) is 6.26 Å². The Morgan fingerprint density at radius 3 is 3.04 bits per heavy atom. The van der Waals surface area contributed by atoms with Crippen LogP contribution in [0.15, 0.2) is 29.2 Å². The van der Waals surface area contributed by atoms with Gasteiger partial charge in [-0.1, -0.05) is 6.08 Å². The molecule has 5 N–H and O–H groups in total. The third kappa shape index (κ3) is 4.81. The number of carbonyl (C=O) groups is 1. The fourth-order valence-corrected chi connectivity index (χ4v) is 2.58. The zero-order valence-electron chi connectivity index (χ0n) is 12.8. The van der Waals surface area contributed by atoms with Gasteiger partial charge in [0.25, 0.3) is 0 Å². The van der Waals surface area contributed by atoms with Crippen LogP contribution in [0.3, 0.4) is 0 Å². The summed E-state index contributed by atoms with van der Waals surface area (Å²) in [6, 6.07) is 1.01. The maximum absolute atomic E-state index is 11.8. The molecule has 0 bridgehead atoms. The Labute approximate surface area is 138 Å². The number of thioether (sulfide) groups is 1. The number of nitrogens with one attached hydrogen (secondary N) is 1. The lowest BCUT2D eigenvalue weighted by Gasteiger charge is -2.17. The second-order valence-corrected chi connectivity index (χ2v) is 6.11. The maximum atomic E-state index is 11.8. The lowest BCUT2D eigenvalue weighted by atomic mass is 10.2. The Hall–Kier alpha value is -1.84. The average Bonchev–Trinajstić information content (AvgIpc) is 2.98. The van der Waals surface area contributed by atoms with E-state index in [4.69, 9.17) is 16.2 Å². The van der Waals surface area contributed by atoms with Crippen LogP contribution < -0.4 is 22.5 Å². The van der Waals surface area contributed by atoms with Crippen LogP contribution in [0.1, 0.15) is 12.6 Å². The average molecular weight is 339 g/mol. The van der Waals surface area contributed by atoms with Crippen molar-refractivity contribution in [1.82, 2.24) is 14.9 Å². The van der Waals surface area contributed by atoms with Crippen LogP contribution in [0.4, 0.5) is 5.82 Å². The Bertz CT molecular complexity index is 633. The van der Waals surface area contributed by atoms with Gasteiger partial charge in [-0.2, -0.15) is 16.7 Å². The van der Waals surface area contributed by atoms with E-state index in [2.05, 4.69) is 10.3 Å². The molecule has 9 heteroatoms. The topological polar surface area (TPSA) is 125 Å². The Morgan fingerprint density at radius 1 is 1.57 bits per heavy atom. The highest BCUT2D eigenvalue weighted by molar-refractivity contribution is 7.98. The van der Waals surface area contributed by atoms with Crippen LogP contribution in [0, 0.1) is 0 Å². The van der Waals surface area contributed by atoms with Crippen molar-refractivity contribution < 1.29 is 9.53 Å². The maximum Gasteiger partial charge on any atom is 0.351 e. The van der Waals surface area contributed by atoms with E-state index in [9.17, 15) is 9.59 Å². The van der Waals surface area contributed by atoms with Crippen molar-refractivity contribution in [2.75, 3.05) is 24.3 Å². The first kappa shape index (κ1) is 17.5. The van der Waals surface area contributed by atoms with Crippen molar-refractivity contribution in [3.63, 3.8) is 0 Å².